The highest BCUT2D eigenvalue weighted by atomic mass is 16.3. The predicted molar refractivity (Wildman–Crippen MR) is 73.2 cm³/mol. The second kappa shape index (κ2) is 5.46. The van der Waals surface area contributed by atoms with Crippen LogP contribution in [0.2, 0.25) is 0 Å². The van der Waals surface area contributed by atoms with Crippen molar-refractivity contribution in [3.05, 3.63) is 5.82 Å². The molecule has 6 nitrogen and oxygen atoms in total. The van der Waals surface area contributed by atoms with Gasteiger partial charge in [0, 0.05) is 19.0 Å². The SMILES string of the molecule is CNCC1CCN(c2n[nH]c(C3CC(O)C3)n2)CC1. The van der Waals surface area contributed by atoms with Crippen LogP contribution >= 0.6 is 0 Å². The quantitative estimate of drug-likeness (QED) is 0.738. The van der Waals surface area contributed by atoms with E-state index in [1.165, 1.54) is 12.8 Å². The number of aliphatic hydroxyl groups is 1. The third-order valence-corrected chi connectivity index (χ3v) is 4.38. The van der Waals surface area contributed by atoms with Crippen molar-refractivity contribution in [2.24, 2.45) is 5.92 Å². The number of hydrogen-bond acceptors (Lipinski definition) is 5. The molecule has 1 aliphatic carbocycles. The van der Waals surface area contributed by atoms with Gasteiger partial charge in [0.1, 0.15) is 5.82 Å². The first-order valence-corrected chi connectivity index (χ1v) is 7.26. The minimum Gasteiger partial charge on any atom is -0.393 e. The number of piperidine rings is 1. The van der Waals surface area contributed by atoms with Crippen LogP contribution < -0.4 is 10.2 Å². The summed E-state index contributed by atoms with van der Waals surface area (Å²) in [6.45, 7) is 3.18. The Morgan fingerprint density at radius 2 is 2.11 bits per heavy atom. The molecule has 1 saturated heterocycles. The first kappa shape index (κ1) is 12.9. The van der Waals surface area contributed by atoms with Gasteiger partial charge in [0.15, 0.2) is 0 Å². The summed E-state index contributed by atoms with van der Waals surface area (Å²) in [5.74, 6) is 2.93. The van der Waals surface area contributed by atoms with E-state index in [-0.39, 0.29) is 6.10 Å². The second-order valence-electron chi connectivity index (χ2n) is 5.83. The molecule has 0 bridgehead atoms. The van der Waals surface area contributed by atoms with Crippen molar-refractivity contribution in [3.8, 4) is 0 Å². The maximum Gasteiger partial charge on any atom is 0.244 e. The van der Waals surface area contributed by atoms with Crippen molar-refractivity contribution in [1.29, 1.82) is 0 Å². The Hall–Kier alpha value is -1.14. The van der Waals surface area contributed by atoms with Gasteiger partial charge in [-0.1, -0.05) is 0 Å². The van der Waals surface area contributed by atoms with Crippen LogP contribution in [0.1, 0.15) is 37.4 Å². The predicted octanol–water partition coefficient (Wildman–Crippen LogP) is 0.479. The van der Waals surface area contributed by atoms with Crippen LogP contribution in [0.25, 0.3) is 0 Å². The monoisotopic (exact) mass is 265 g/mol. The average molecular weight is 265 g/mol. The van der Waals surface area contributed by atoms with Crippen LogP contribution in [0.5, 0.6) is 0 Å². The average Bonchev–Trinajstić information content (AvgIpc) is 2.85. The van der Waals surface area contributed by atoms with E-state index in [1.54, 1.807) is 0 Å². The molecule has 0 radical (unpaired) electrons. The Labute approximate surface area is 113 Å². The van der Waals surface area contributed by atoms with Crippen LogP contribution in [0, 0.1) is 5.92 Å². The molecule has 6 heteroatoms. The van der Waals surface area contributed by atoms with Crippen LogP contribution in [0.15, 0.2) is 0 Å². The highest BCUT2D eigenvalue weighted by molar-refractivity contribution is 5.30. The number of nitrogens with one attached hydrogen (secondary N) is 2. The standard InChI is InChI=1S/C13H23N5O/c1-14-8-9-2-4-18(5-3-9)13-15-12(16-17-13)10-6-11(19)7-10/h9-11,14,19H,2-8H2,1H3,(H,15,16,17). The molecule has 0 spiro atoms. The van der Waals surface area contributed by atoms with E-state index in [0.717, 1.165) is 50.2 Å². The smallest absolute Gasteiger partial charge is 0.244 e. The fraction of sp³-hybridized carbons (Fsp3) is 0.846. The zero-order valence-corrected chi connectivity index (χ0v) is 11.5. The highest BCUT2D eigenvalue weighted by Gasteiger charge is 2.32. The maximum atomic E-state index is 9.34. The molecule has 0 aromatic carbocycles. The zero-order valence-electron chi connectivity index (χ0n) is 11.5. The first-order valence-electron chi connectivity index (χ1n) is 7.26. The van der Waals surface area contributed by atoms with Gasteiger partial charge in [-0.3, -0.25) is 5.10 Å². The van der Waals surface area contributed by atoms with Crippen LogP contribution in [0.3, 0.4) is 0 Å². The molecule has 1 aliphatic heterocycles. The molecule has 2 heterocycles. The Morgan fingerprint density at radius 3 is 2.74 bits per heavy atom. The molecule has 0 atom stereocenters. The van der Waals surface area contributed by atoms with Gasteiger partial charge >= 0.3 is 0 Å². The molecular formula is C13H23N5O. The van der Waals surface area contributed by atoms with E-state index >= 15 is 0 Å². The fourth-order valence-corrected chi connectivity index (χ4v) is 3.03. The van der Waals surface area contributed by atoms with Crippen LogP contribution in [-0.4, -0.2) is 53.1 Å². The van der Waals surface area contributed by atoms with E-state index in [9.17, 15) is 5.11 Å². The van der Waals surface area contributed by atoms with Gasteiger partial charge in [-0.05, 0) is 45.2 Å². The fourth-order valence-electron chi connectivity index (χ4n) is 3.03. The number of anilines is 1. The van der Waals surface area contributed by atoms with Gasteiger partial charge in [0.2, 0.25) is 5.95 Å². The van der Waals surface area contributed by atoms with E-state index < -0.39 is 0 Å². The lowest BCUT2D eigenvalue weighted by Gasteiger charge is -2.31. The minimum atomic E-state index is -0.143. The normalized spacial score (nSPS) is 28.4. The zero-order chi connectivity index (χ0) is 13.2. The first-order chi connectivity index (χ1) is 9.26. The number of hydrogen-bond donors (Lipinski definition) is 3. The number of aliphatic hydroxyl groups excluding tert-OH is 1. The molecule has 0 amide bonds. The third-order valence-electron chi connectivity index (χ3n) is 4.38. The molecule has 2 fully saturated rings. The molecule has 3 rings (SSSR count). The van der Waals surface area contributed by atoms with Gasteiger partial charge in [0.05, 0.1) is 6.10 Å². The summed E-state index contributed by atoms with van der Waals surface area (Å²) in [6.07, 6.45) is 3.90. The van der Waals surface area contributed by atoms with Crippen molar-refractivity contribution < 1.29 is 5.11 Å². The van der Waals surface area contributed by atoms with Crippen molar-refractivity contribution in [1.82, 2.24) is 20.5 Å². The van der Waals surface area contributed by atoms with Gasteiger partial charge in [0.25, 0.3) is 0 Å². The molecule has 2 aliphatic rings. The van der Waals surface area contributed by atoms with Crippen molar-refractivity contribution in [3.63, 3.8) is 0 Å². The van der Waals surface area contributed by atoms with Crippen molar-refractivity contribution in [2.45, 2.75) is 37.7 Å². The number of nitrogens with zero attached hydrogens (tertiary/aromatic N) is 3. The largest absolute Gasteiger partial charge is 0.393 e. The summed E-state index contributed by atoms with van der Waals surface area (Å²) >= 11 is 0. The van der Waals surface area contributed by atoms with E-state index in [0.29, 0.717) is 5.92 Å². The van der Waals surface area contributed by atoms with Crippen LogP contribution in [-0.2, 0) is 0 Å². The molecular weight excluding hydrogens is 242 g/mol. The minimum absolute atomic E-state index is 0.143. The Bertz CT molecular complexity index is 407. The summed E-state index contributed by atoms with van der Waals surface area (Å²) in [6, 6.07) is 0. The molecule has 19 heavy (non-hydrogen) atoms. The Kier molecular flexibility index (Phi) is 3.70. The summed E-state index contributed by atoms with van der Waals surface area (Å²) in [5, 5.41) is 20.0. The topological polar surface area (TPSA) is 77.1 Å². The lowest BCUT2D eigenvalue weighted by atomic mass is 9.82. The summed E-state index contributed by atoms with van der Waals surface area (Å²) in [7, 11) is 2.01. The van der Waals surface area contributed by atoms with Crippen molar-refractivity contribution in [2.75, 3.05) is 31.6 Å². The Balaban J connectivity index is 1.55. The lowest BCUT2D eigenvalue weighted by Crippen LogP contribution is -2.37. The lowest BCUT2D eigenvalue weighted by molar-refractivity contribution is 0.0718. The van der Waals surface area contributed by atoms with E-state index in [1.807, 2.05) is 7.05 Å². The second-order valence-corrected chi connectivity index (χ2v) is 5.83. The van der Waals surface area contributed by atoms with Crippen molar-refractivity contribution >= 4 is 5.95 Å². The van der Waals surface area contributed by atoms with E-state index in [4.69, 9.17) is 0 Å². The van der Waals surface area contributed by atoms with Gasteiger partial charge in [-0.15, -0.1) is 5.10 Å². The van der Waals surface area contributed by atoms with Crippen LogP contribution in [0.4, 0.5) is 5.95 Å². The summed E-state index contributed by atoms with van der Waals surface area (Å²) in [4.78, 5) is 6.86. The maximum absolute atomic E-state index is 9.34. The molecule has 1 aromatic heterocycles. The molecule has 1 saturated carbocycles. The Morgan fingerprint density at radius 1 is 1.37 bits per heavy atom. The number of aromatic nitrogens is 3. The number of aromatic amines is 1. The van der Waals surface area contributed by atoms with Gasteiger partial charge < -0.3 is 15.3 Å². The molecule has 0 unspecified atom stereocenters. The third kappa shape index (κ3) is 2.74. The highest BCUT2D eigenvalue weighted by Crippen LogP contribution is 2.35. The van der Waals surface area contributed by atoms with E-state index in [2.05, 4.69) is 25.4 Å². The number of H-pyrrole nitrogens is 1. The summed E-state index contributed by atoms with van der Waals surface area (Å²) in [5.41, 5.74) is 0. The molecule has 3 N–H and O–H groups in total. The van der Waals surface area contributed by atoms with Gasteiger partial charge in [-0.25, -0.2) is 0 Å². The molecule has 106 valence electrons. The number of rotatable bonds is 4. The van der Waals surface area contributed by atoms with Gasteiger partial charge in [-0.2, -0.15) is 4.98 Å². The molecule has 1 aromatic rings. The summed E-state index contributed by atoms with van der Waals surface area (Å²) < 4.78 is 0.